The summed E-state index contributed by atoms with van der Waals surface area (Å²) in [5.41, 5.74) is 1.11. The molecule has 11 heavy (non-hydrogen) atoms. The van der Waals surface area contributed by atoms with Gasteiger partial charge in [0.1, 0.15) is 0 Å². The second-order valence-corrected chi connectivity index (χ2v) is 3.04. The molecule has 1 aliphatic carbocycles. The van der Waals surface area contributed by atoms with E-state index in [-0.39, 0.29) is 6.29 Å². The normalized spacial score (nSPS) is 18.5. The molecule has 0 aliphatic heterocycles. The molecule has 3 heteroatoms. The highest BCUT2D eigenvalue weighted by atomic mass is 35.5. The molecule has 0 unspecified atom stereocenters. The summed E-state index contributed by atoms with van der Waals surface area (Å²) in [6.45, 7) is 0. The number of ether oxygens (including phenoxy) is 2. The SMILES string of the molecule is COC(OC)C1=C(Cl)CCC1. The zero-order valence-corrected chi connectivity index (χ0v) is 7.65. The maximum Gasteiger partial charge on any atom is 0.180 e. The van der Waals surface area contributed by atoms with Crippen LogP contribution in [0, 0.1) is 0 Å². The number of hydrogen-bond donors (Lipinski definition) is 0. The lowest BCUT2D eigenvalue weighted by molar-refractivity contribution is -0.0761. The average Bonchev–Trinajstić information content (AvgIpc) is 2.40. The van der Waals surface area contributed by atoms with Crippen molar-refractivity contribution in [2.75, 3.05) is 14.2 Å². The summed E-state index contributed by atoms with van der Waals surface area (Å²) in [6.07, 6.45) is 2.87. The summed E-state index contributed by atoms with van der Waals surface area (Å²) in [5.74, 6) is 0. The first-order valence-electron chi connectivity index (χ1n) is 3.72. The largest absolute Gasteiger partial charge is 0.352 e. The van der Waals surface area contributed by atoms with Crippen LogP contribution in [0.1, 0.15) is 19.3 Å². The predicted molar refractivity (Wildman–Crippen MR) is 44.5 cm³/mol. The zero-order valence-electron chi connectivity index (χ0n) is 6.89. The fourth-order valence-corrected chi connectivity index (χ4v) is 1.67. The van der Waals surface area contributed by atoms with Crippen LogP contribution in [0.2, 0.25) is 0 Å². The van der Waals surface area contributed by atoms with E-state index in [1.165, 1.54) is 0 Å². The van der Waals surface area contributed by atoms with Crippen LogP contribution >= 0.6 is 11.6 Å². The number of allylic oxidation sites excluding steroid dienone is 1. The fraction of sp³-hybridized carbons (Fsp3) is 0.750. The highest BCUT2D eigenvalue weighted by Crippen LogP contribution is 2.31. The molecule has 0 aromatic rings. The van der Waals surface area contributed by atoms with Gasteiger partial charge in [-0.1, -0.05) is 11.6 Å². The Balaban J connectivity index is 2.63. The zero-order chi connectivity index (χ0) is 8.27. The smallest absolute Gasteiger partial charge is 0.180 e. The van der Waals surface area contributed by atoms with E-state index in [0.29, 0.717) is 0 Å². The van der Waals surface area contributed by atoms with E-state index in [1.807, 2.05) is 0 Å². The summed E-state index contributed by atoms with van der Waals surface area (Å²) in [5, 5.41) is 0.915. The molecule has 0 fully saturated rings. The molecular formula is C8H13ClO2. The lowest BCUT2D eigenvalue weighted by Crippen LogP contribution is -2.15. The summed E-state index contributed by atoms with van der Waals surface area (Å²) in [6, 6.07) is 0. The third-order valence-electron chi connectivity index (χ3n) is 1.90. The molecule has 0 N–H and O–H groups in total. The molecule has 0 saturated carbocycles. The van der Waals surface area contributed by atoms with Crippen LogP contribution in [0.25, 0.3) is 0 Å². The third-order valence-corrected chi connectivity index (χ3v) is 2.34. The van der Waals surface area contributed by atoms with Crippen LogP contribution in [0.15, 0.2) is 10.6 Å². The van der Waals surface area contributed by atoms with Crippen LogP contribution in [0.5, 0.6) is 0 Å². The van der Waals surface area contributed by atoms with E-state index in [1.54, 1.807) is 14.2 Å². The van der Waals surface area contributed by atoms with E-state index >= 15 is 0 Å². The first kappa shape index (κ1) is 9.04. The van der Waals surface area contributed by atoms with Crippen LogP contribution in [0.4, 0.5) is 0 Å². The molecule has 0 saturated heterocycles. The first-order chi connectivity index (χ1) is 5.29. The molecular weight excluding hydrogens is 164 g/mol. The van der Waals surface area contributed by atoms with Gasteiger partial charge in [0.25, 0.3) is 0 Å². The Hall–Kier alpha value is -0.0500. The van der Waals surface area contributed by atoms with Gasteiger partial charge in [-0.2, -0.15) is 0 Å². The van der Waals surface area contributed by atoms with Crippen LogP contribution in [-0.2, 0) is 9.47 Å². The molecule has 0 spiro atoms. The summed E-state index contributed by atoms with van der Waals surface area (Å²) < 4.78 is 10.2. The van der Waals surface area contributed by atoms with Crippen molar-refractivity contribution in [1.82, 2.24) is 0 Å². The van der Waals surface area contributed by atoms with Crippen LogP contribution in [0.3, 0.4) is 0 Å². The van der Waals surface area contributed by atoms with Crippen molar-refractivity contribution in [3.05, 3.63) is 10.6 Å². The van der Waals surface area contributed by atoms with E-state index < -0.39 is 0 Å². The molecule has 0 aromatic heterocycles. The summed E-state index contributed by atoms with van der Waals surface area (Å²) in [4.78, 5) is 0. The van der Waals surface area contributed by atoms with Crippen molar-refractivity contribution >= 4 is 11.6 Å². The van der Waals surface area contributed by atoms with Gasteiger partial charge < -0.3 is 9.47 Å². The Bertz CT molecular complexity index is 161. The molecule has 64 valence electrons. The van der Waals surface area contributed by atoms with Crippen LogP contribution in [-0.4, -0.2) is 20.5 Å². The van der Waals surface area contributed by atoms with Crippen molar-refractivity contribution in [3.63, 3.8) is 0 Å². The first-order valence-corrected chi connectivity index (χ1v) is 4.10. The van der Waals surface area contributed by atoms with Crippen molar-refractivity contribution in [3.8, 4) is 0 Å². The van der Waals surface area contributed by atoms with E-state index in [9.17, 15) is 0 Å². The second-order valence-electron chi connectivity index (χ2n) is 2.59. The maximum atomic E-state index is 5.95. The number of rotatable bonds is 3. The lowest BCUT2D eigenvalue weighted by Gasteiger charge is -2.14. The number of hydrogen-bond acceptors (Lipinski definition) is 2. The maximum absolute atomic E-state index is 5.95. The number of methoxy groups -OCH3 is 2. The molecule has 0 bridgehead atoms. The van der Waals surface area contributed by atoms with Crippen molar-refractivity contribution < 1.29 is 9.47 Å². The van der Waals surface area contributed by atoms with Gasteiger partial charge in [0.2, 0.25) is 0 Å². The fourth-order valence-electron chi connectivity index (χ4n) is 1.36. The Kier molecular flexibility index (Phi) is 3.37. The molecule has 0 heterocycles. The molecule has 0 amide bonds. The van der Waals surface area contributed by atoms with E-state index in [4.69, 9.17) is 21.1 Å². The monoisotopic (exact) mass is 176 g/mol. The third kappa shape index (κ3) is 1.95. The predicted octanol–water partition coefficient (Wildman–Crippen LogP) is 2.28. The number of halogens is 1. The molecule has 0 atom stereocenters. The standard InChI is InChI=1S/C8H13ClO2/c1-10-8(11-2)6-4-3-5-7(6)9/h8H,3-5H2,1-2H3. The van der Waals surface area contributed by atoms with Gasteiger partial charge >= 0.3 is 0 Å². The Morgan fingerprint density at radius 3 is 2.27 bits per heavy atom. The van der Waals surface area contributed by atoms with Gasteiger partial charge in [-0.25, -0.2) is 0 Å². The Morgan fingerprint density at radius 1 is 1.27 bits per heavy atom. The minimum atomic E-state index is -0.231. The second kappa shape index (κ2) is 4.10. The molecule has 1 aliphatic rings. The minimum Gasteiger partial charge on any atom is -0.352 e. The topological polar surface area (TPSA) is 18.5 Å². The molecule has 1 rings (SSSR count). The molecule has 0 aromatic carbocycles. The van der Waals surface area contributed by atoms with Gasteiger partial charge in [0, 0.05) is 19.3 Å². The quantitative estimate of drug-likeness (QED) is 0.615. The molecule has 2 nitrogen and oxygen atoms in total. The minimum absolute atomic E-state index is 0.231. The van der Waals surface area contributed by atoms with E-state index in [2.05, 4.69) is 0 Å². The van der Waals surface area contributed by atoms with Crippen molar-refractivity contribution in [2.24, 2.45) is 0 Å². The van der Waals surface area contributed by atoms with Gasteiger partial charge in [-0.3, -0.25) is 0 Å². The van der Waals surface area contributed by atoms with Gasteiger partial charge in [-0.15, -0.1) is 0 Å². The summed E-state index contributed by atoms with van der Waals surface area (Å²) in [7, 11) is 3.26. The van der Waals surface area contributed by atoms with Crippen molar-refractivity contribution in [1.29, 1.82) is 0 Å². The van der Waals surface area contributed by atoms with Gasteiger partial charge in [0.15, 0.2) is 6.29 Å². The van der Waals surface area contributed by atoms with E-state index in [0.717, 1.165) is 29.9 Å². The summed E-state index contributed by atoms with van der Waals surface area (Å²) >= 11 is 5.95. The average molecular weight is 177 g/mol. The Morgan fingerprint density at radius 2 is 1.91 bits per heavy atom. The Labute approximate surface area is 72.1 Å². The lowest BCUT2D eigenvalue weighted by atomic mass is 10.2. The van der Waals surface area contributed by atoms with Gasteiger partial charge in [0.05, 0.1) is 0 Å². The highest BCUT2D eigenvalue weighted by molar-refractivity contribution is 6.30. The van der Waals surface area contributed by atoms with Gasteiger partial charge in [-0.05, 0) is 24.8 Å². The highest BCUT2D eigenvalue weighted by Gasteiger charge is 2.20. The molecule has 0 radical (unpaired) electrons. The van der Waals surface area contributed by atoms with Crippen LogP contribution < -0.4 is 0 Å². The van der Waals surface area contributed by atoms with Crippen molar-refractivity contribution in [2.45, 2.75) is 25.6 Å².